The number of anilines is 2. The molecule has 182 valence electrons. The Kier molecular flexibility index (Phi) is 6.03. The van der Waals surface area contributed by atoms with E-state index in [0.717, 1.165) is 16.8 Å². The average molecular weight is 487 g/mol. The summed E-state index contributed by atoms with van der Waals surface area (Å²) in [5.74, 6) is 0.361. The van der Waals surface area contributed by atoms with E-state index in [1.807, 2.05) is 6.92 Å². The average Bonchev–Trinajstić information content (AvgIpc) is 3.49. The molecule has 0 spiro atoms. The molecule has 2 aromatic carbocycles. The van der Waals surface area contributed by atoms with Crippen LogP contribution in [0.3, 0.4) is 0 Å². The van der Waals surface area contributed by atoms with Crippen molar-refractivity contribution in [1.29, 1.82) is 0 Å². The number of H-pyrrole nitrogens is 1. The Balaban J connectivity index is 1.45. The number of hydrogen-bond donors (Lipinski definition) is 3. The van der Waals surface area contributed by atoms with Crippen molar-refractivity contribution in [2.45, 2.75) is 13.0 Å². The largest absolute Gasteiger partial charge is 0.494 e. The molecule has 5 rings (SSSR count). The molecule has 3 aromatic heterocycles. The minimum atomic E-state index is -0.639. The van der Waals surface area contributed by atoms with Crippen LogP contribution in [0.2, 0.25) is 0 Å². The number of aromatic nitrogens is 6. The maximum atomic E-state index is 14.5. The lowest BCUT2D eigenvalue weighted by atomic mass is 9.98. The lowest BCUT2D eigenvalue weighted by Crippen LogP contribution is -2.29. The van der Waals surface area contributed by atoms with E-state index < -0.39 is 11.9 Å². The fraction of sp³-hybridized carbons (Fsp3) is 0.160. The normalized spacial score (nSPS) is 11.9. The highest BCUT2D eigenvalue weighted by molar-refractivity contribution is 5.98. The number of carbonyl (C=O) groups excluding carboxylic acids is 1. The summed E-state index contributed by atoms with van der Waals surface area (Å²) < 4.78 is 21.2. The van der Waals surface area contributed by atoms with Gasteiger partial charge >= 0.3 is 0 Å². The van der Waals surface area contributed by atoms with Crippen molar-refractivity contribution in [2.24, 2.45) is 7.05 Å². The quantitative estimate of drug-likeness (QED) is 0.320. The number of amides is 1. The van der Waals surface area contributed by atoms with Gasteiger partial charge in [-0.15, -0.1) is 0 Å². The van der Waals surface area contributed by atoms with Crippen LogP contribution in [0.5, 0.6) is 5.75 Å². The SMILES string of the molecule is COc1ccc([C@H](NC(=O)c2ccc3cnc(Nc4ccnn4C)nc3c2)c2c[nH]nc2C)cc1F. The summed E-state index contributed by atoms with van der Waals surface area (Å²) in [4.78, 5) is 22.2. The van der Waals surface area contributed by atoms with E-state index in [2.05, 4.69) is 35.9 Å². The van der Waals surface area contributed by atoms with E-state index in [4.69, 9.17) is 4.74 Å². The number of aryl methyl sites for hydroxylation is 2. The number of halogens is 1. The fourth-order valence-corrected chi connectivity index (χ4v) is 3.91. The van der Waals surface area contributed by atoms with Crippen LogP contribution in [-0.2, 0) is 7.05 Å². The van der Waals surface area contributed by atoms with Gasteiger partial charge in [0.15, 0.2) is 11.6 Å². The standard InChI is InChI=1S/C25H23FN8O2/c1-14-18(13-28-33-14)23(15-6-7-21(36-3)19(26)10-15)32-24(35)16-4-5-17-12-27-25(30-20(17)11-16)31-22-8-9-29-34(22)2/h4-13,23H,1-3H3,(H,28,33)(H,32,35)(H,27,30,31)/t23-/m0/s1. The maximum Gasteiger partial charge on any atom is 0.252 e. The highest BCUT2D eigenvalue weighted by Crippen LogP contribution is 2.28. The molecule has 0 aliphatic rings. The Morgan fingerprint density at radius 2 is 2.06 bits per heavy atom. The first-order valence-corrected chi connectivity index (χ1v) is 11.1. The van der Waals surface area contributed by atoms with E-state index in [-0.39, 0.29) is 11.7 Å². The molecule has 1 atom stereocenters. The molecule has 3 N–H and O–H groups in total. The van der Waals surface area contributed by atoms with Crippen molar-refractivity contribution in [2.75, 3.05) is 12.4 Å². The number of hydrogen-bond acceptors (Lipinski definition) is 7. The van der Waals surface area contributed by atoms with Crippen LogP contribution in [0.15, 0.2) is 61.1 Å². The van der Waals surface area contributed by atoms with Crippen molar-refractivity contribution in [1.82, 2.24) is 35.3 Å². The van der Waals surface area contributed by atoms with Gasteiger partial charge in [0.1, 0.15) is 5.82 Å². The summed E-state index contributed by atoms with van der Waals surface area (Å²) in [6, 6.07) is 10.9. The van der Waals surface area contributed by atoms with Gasteiger partial charge in [0.25, 0.3) is 5.91 Å². The second-order valence-corrected chi connectivity index (χ2v) is 8.16. The van der Waals surface area contributed by atoms with E-state index in [0.29, 0.717) is 28.3 Å². The number of nitrogens with one attached hydrogen (secondary N) is 3. The number of benzene rings is 2. The smallest absolute Gasteiger partial charge is 0.252 e. The molecule has 0 radical (unpaired) electrons. The Bertz CT molecular complexity index is 1560. The summed E-state index contributed by atoms with van der Waals surface area (Å²) in [7, 11) is 3.21. The van der Waals surface area contributed by atoms with E-state index >= 15 is 0 Å². The van der Waals surface area contributed by atoms with E-state index in [1.165, 1.54) is 19.2 Å². The minimum absolute atomic E-state index is 0.123. The molecule has 0 unspecified atom stereocenters. The molecule has 11 heteroatoms. The lowest BCUT2D eigenvalue weighted by molar-refractivity contribution is 0.0943. The zero-order valence-corrected chi connectivity index (χ0v) is 19.8. The molecule has 0 saturated heterocycles. The second-order valence-electron chi connectivity index (χ2n) is 8.16. The Labute approximate surface area is 205 Å². The first kappa shape index (κ1) is 23.0. The van der Waals surface area contributed by atoms with Gasteiger partial charge in [0, 0.05) is 42.0 Å². The lowest BCUT2D eigenvalue weighted by Gasteiger charge is -2.20. The zero-order chi connectivity index (χ0) is 25.2. The summed E-state index contributed by atoms with van der Waals surface area (Å²) in [6.45, 7) is 1.81. The molecular formula is C25H23FN8O2. The first-order valence-electron chi connectivity index (χ1n) is 11.1. The molecule has 36 heavy (non-hydrogen) atoms. The topological polar surface area (TPSA) is 123 Å². The van der Waals surface area contributed by atoms with Gasteiger partial charge in [0.2, 0.25) is 5.95 Å². The highest BCUT2D eigenvalue weighted by Gasteiger charge is 2.22. The second kappa shape index (κ2) is 9.45. The summed E-state index contributed by atoms with van der Waals surface area (Å²) in [6.07, 6.45) is 5.03. The number of aromatic amines is 1. The molecule has 0 aliphatic heterocycles. The summed E-state index contributed by atoms with van der Waals surface area (Å²) in [5.41, 5.74) is 2.95. The molecule has 10 nitrogen and oxygen atoms in total. The number of carbonyl (C=O) groups is 1. The van der Waals surface area contributed by atoms with Gasteiger partial charge in [-0.25, -0.2) is 14.4 Å². The van der Waals surface area contributed by atoms with Gasteiger partial charge in [-0.3, -0.25) is 14.6 Å². The predicted molar refractivity (Wildman–Crippen MR) is 132 cm³/mol. The molecule has 0 saturated carbocycles. The molecule has 0 aliphatic carbocycles. The van der Waals surface area contributed by atoms with Crippen LogP contribution in [0.25, 0.3) is 10.9 Å². The third-order valence-corrected chi connectivity index (χ3v) is 5.87. The van der Waals surface area contributed by atoms with Crippen molar-refractivity contribution in [3.63, 3.8) is 0 Å². The van der Waals surface area contributed by atoms with Crippen molar-refractivity contribution >= 4 is 28.6 Å². The van der Waals surface area contributed by atoms with Crippen molar-refractivity contribution in [3.8, 4) is 5.75 Å². The van der Waals surface area contributed by atoms with Gasteiger partial charge in [-0.1, -0.05) is 12.1 Å². The van der Waals surface area contributed by atoms with E-state index in [1.54, 1.807) is 60.7 Å². The number of ether oxygens (including phenoxy) is 1. The fourth-order valence-electron chi connectivity index (χ4n) is 3.91. The number of methoxy groups -OCH3 is 1. The summed E-state index contributed by atoms with van der Waals surface area (Å²) in [5, 5.41) is 18.0. The van der Waals surface area contributed by atoms with Gasteiger partial charge in [0.05, 0.1) is 30.6 Å². The van der Waals surface area contributed by atoms with Crippen LogP contribution in [-0.4, -0.2) is 43.0 Å². The highest BCUT2D eigenvalue weighted by atomic mass is 19.1. The Morgan fingerprint density at radius 1 is 1.19 bits per heavy atom. The molecule has 3 heterocycles. The predicted octanol–water partition coefficient (Wildman–Crippen LogP) is 3.81. The number of nitrogens with zero attached hydrogens (tertiary/aromatic N) is 5. The van der Waals surface area contributed by atoms with Gasteiger partial charge < -0.3 is 15.4 Å². The van der Waals surface area contributed by atoms with Crippen molar-refractivity contribution in [3.05, 3.63) is 89.3 Å². The van der Waals surface area contributed by atoms with Gasteiger partial charge in [-0.2, -0.15) is 10.2 Å². The van der Waals surface area contributed by atoms with Gasteiger partial charge in [-0.05, 0) is 36.8 Å². The van der Waals surface area contributed by atoms with Crippen LogP contribution >= 0.6 is 0 Å². The number of rotatable bonds is 7. The van der Waals surface area contributed by atoms with Crippen LogP contribution in [0.4, 0.5) is 16.2 Å². The molecular weight excluding hydrogens is 463 g/mol. The van der Waals surface area contributed by atoms with Crippen LogP contribution in [0.1, 0.15) is 33.2 Å². The van der Waals surface area contributed by atoms with Crippen LogP contribution in [0, 0.1) is 12.7 Å². The Hall–Kier alpha value is -4.80. The minimum Gasteiger partial charge on any atom is -0.494 e. The molecule has 5 aromatic rings. The zero-order valence-electron chi connectivity index (χ0n) is 19.8. The monoisotopic (exact) mass is 486 g/mol. The molecule has 1 amide bonds. The molecule has 0 fully saturated rings. The summed E-state index contributed by atoms with van der Waals surface area (Å²) >= 11 is 0. The van der Waals surface area contributed by atoms with Crippen molar-refractivity contribution < 1.29 is 13.9 Å². The Morgan fingerprint density at radius 3 is 2.75 bits per heavy atom. The van der Waals surface area contributed by atoms with Crippen LogP contribution < -0.4 is 15.4 Å². The number of fused-ring (bicyclic) bond motifs is 1. The maximum absolute atomic E-state index is 14.5. The molecule has 0 bridgehead atoms. The van der Waals surface area contributed by atoms with E-state index in [9.17, 15) is 9.18 Å². The first-order chi connectivity index (χ1) is 17.4. The third kappa shape index (κ3) is 4.45. The third-order valence-electron chi connectivity index (χ3n) is 5.87.